The second-order valence-electron chi connectivity index (χ2n) is 9.87. The number of methoxy groups -OCH3 is 1. The van der Waals surface area contributed by atoms with Gasteiger partial charge in [-0.2, -0.15) is 5.10 Å². The van der Waals surface area contributed by atoms with Gasteiger partial charge in [-0.05, 0) is 81.9 Å². The Morgan fingerprint density at radius 2 is 1.74 bits per heavy atom. The zero-order valence-electron chi connectivity index (χ0n) is 22.5. The molecule has 5 aromatic carbocycles. The van der Waals surface area contributed by atoms with Gasteiger partial charge in [0, 0.05) is 26.5 Å². The summed E-state index contributed by atoms with van der Waals surface area (Å²) in [6.07, 6.45) is 2.06. The van der Waals surface area contributed by atoms with Gasteiger partial charge in [0.25, 0.3) is 0 Å². The molecular formula is C34H25IN4O2S. The molecule has 1 atom stereocenters. The minimum absolute atomic E-state index is 0.204. The van der Waals surface area contributed by atoms with Crippen LogP contribution >= 0.6 is 33.9 Å². The van der Waals surface area contributed by atoms with Crippen molar-refractivity contribution in [1.29, 1.82) is 0 Å². The second-order valence-corrected chi connectivity index (χ2v) is 12.1. The fourth-order valence-corrected chi connectivity index (χ4v) is 6.75. The van der Waals surface area contributed by atoms with E-state index in [0.717, 1.165) is 63.5 Å². The molecule has 1 unspecified atom stereocenters. The Hall–Kier alpha value is -4.41. The summed E-state index contributed by atoms with van der Waals surface area (Å²) in [4.78, 5) is 4.91. The van der Waals surface area contributed by atoms with Gasteiger partial charge in [0.2, 0.25) is 0 Å². The topological polar surface area (TPSA) is 72.2 Å². The number of thiazole rings is 1. The Labute approximate surface area is 260 Å². The number of benzene rings is 5. The van der Waals surface area contributed by atoms with Crippen molar-refractivity contribution in [3.05, 3.63) is 130 Å². The van der Waals surface area contributed by atoms with Crippen LogP contribution in [0.2, 0.25) is 0 Å². The lowest BCUT2D eigenvalue weighted by Gasteiger charge is -2.22. The molecule has 2 N–H and O–H groups in total. The highest BCUT2D eigenvalue weighted by Crippen LogP contribution is 2.42. The summed E-state index contributed by atoms with van der Waals surface area (Å²) < 4.78 is 9.48. The first kappa shape index (κ1) is 26.5. The van der Waals surface area contributed by atoms with Crippen molar-refractivity contribution in [2.45, 2.75) is 6.04 Å². The number of anilines is 1. The standard InChI is InChI=1S/C34H25IN4O2S/c1-41-25-15-16-28-30(19-25)42-34(36-28)37-33(31-26-13-6-5-8-21(26)14-17-29(31)40)27-20-39(24-11-3-2-4-12-24)38-32(27)22-9-7-10-23(35)18-22/h2-20,33,40H,1H3,(H,36,37). The van der Waals surface area contributed by atoms with Crippen molar-refractivity contribution >= 4 is 60.0 Å². The summed E-state index contributed by atoms with van der Waals surface area (Å²) in [7, 11) is 1.66. The molecule has 42 heavy (non-hydrogen) atoms. The van der Waals surface area contributed by atoms with Crippen molar-refractivity contribution in [3.8, 4) is 28.4 Å². The summed E-state index contributed by atoms with van der Waals surface area (Å²) in [6, 6.07) is 35.6. The molecular weight excluding hydrogens is 655 g/mol. The van der Waals surface area contributed by atoms with Crippen LogP contribution < -0.4 is 10.1 Å². The van der Waals surface area contributed by atoms with Gasteiger partial charge in [0.05, 0.1) is 34.7 Å². The molecule has 7 aromatic rings. The minimum atomic E-state index is -0.469. The predicted octanol–water partition coefficient (Wildman–Crippen LogP) is 8.82. The molecule has 0 spiro atoms. The zero-order chi connectivity index (χ0) is 28.6. The number of para-hydroxylation sites is 1. The fraction of sp³-hybridized carbons (Fsp3) is 0.0588. The molecule has 8 heteroatoms. The first-order valence-electron chi connectivity index (χ1n) is 13.4. The Kier molecular flexibility index (Phi) is 7.01. The number of ether oxygens (including phenoxy) is 1. The number of hydrogen-bond donors (Lipinski definition) is 2. The van der Waals surface area contributed by atoms with E-state index in [1.165, 1.54) is 0 Å². The third kappa shape index (κ3) is 4.97. The number of rotatable bonds is 7. The molecule has 0 amide bonds. The van der Waals surface area contributed by atoms with Crippen molar-refractivity contribution in [2.24, 2.45) is 0 Å². The third-order valence-electron chi connectivity index (χ3n) is 7.27. The van der Waals surface area contributed by atoms with E-state index in [1.807, 2.05) is 77.5 Å². The van der Waals surface area contributed by atoms with Crippen molar-refractivity contribution in [2.75, 3.05) is 12.4 Å². The van der Waals surface area contributed by atoms with Gasteiger partial charge >= 0.3 is 0 Å². The maximum atomic E-state index is 11.5. The van der Waals surface area contributed by atoms with Gasteiger partial charge in [-0.25, -0.2) is 9.67 Å². The summed E-state index contributed by atoms with van der Waals surface area (Å²) in [5.74, 6) is 0.987. The van der Waals surface area contributed by atoms with Crippen LogP contribution in [0.5, 0.6) is 11.5 Å². The monoisotopic (exact) mass is 680 g/mol. The van der Waals surface area contributed by atoms with Crippen LogP contribution in [-0.4, -0.2) is 27.0 Å². The zero-order valence-corrected chi connectivity index (χ0v) is 25.5. The van der Waals surface area contributed by atoms with E-state index in [9.17, 15) is 5.11 Å². The Bertz CT molecular complexity index is 2050. The SMILES string of the molecule is COc1ccc2nc(NC(c3cn(-c4ccccc4)nc3-c3cccc(I)c3)c3c(O)ccc4ccccc34)sc2c1. The van der Waals surface area contributed by atoms with Crippen molar-refractivity contribution in [3.63, 3.8) is 0 Å². The van der Waals surface area contributed by atoms with Gasteiger partial charge in [0.1, 0.15) is 11.5 Å². The molecule has 0 radical (unpaired) electrons. The summed E-state index contributed by atoms with van der Waals surface area (Å²) in [5.41, 5.74) is 5.33. The number of aromatic hydroxyl groups is 1. The van der Waals surface area contributed by atoms with Gasteiger partial charge in [0.15, 0.2) is 5.13 Å². The van der Waals surface area contributed by atoms with Crippen LogP contribution in [0.4, 0.5) is 5.13 Å². The normalized spacial score (nSPS) is 12.0. The largest absolute Gasteiger partial charge is 0.508 e. The molecule has 0 saturated carbocycles. The Morgan fingerprint density at radius 3 is 2.57 bits per heavy atom. The number of phenolic OH excluding ortho intramolecular Hbond substituents is 1. The maximum absolute atomic E-state index is 11.5. The highest BCUT2D eigenvalue weighted by atomic mass is 127. The number of hydrogen-bond acceptors (Lipinski definition) is 6. The van der Waals surface area contributed by atoms with Crippen LogP contribution in [-0.2, 0) is 0 Å². The molecule has 0 fully saturated rings. The smallest absolute Gasteiger partial charge is 0.184 e. The maximum Gasteiger partial charge on any atom is 0.184 e. The lowest BCUT2D eigenvalue weighted by Crippen LogP contribution is -2.13. The molecule has 2 heterocycles. The number of phenols is 1. The van der Waals surface area contributed by atoms with E-state index in [-0.39, 0.29) is 5.75 Å². The van der Waals surface area contributed by atoms with Crippen molar-refractivity contribution in [1.82, 2.24) is 14.8 Å². The summed E-state index contributed by atoms with van der Waals surface area (Å²) in [5, 5.41) is 23.0. The molecule has 0 aliphatic rings. The van der Waals surface area contributed by atoms with E-state index in [1.54, 1.807) is 24.5 Å². The quantitative estimate of drug-likeness (QED) is 0.165. The molecule has 7 rings (SSSR count). The number of aromatic nitrogens is 3. The molecule has 0 aliphatic heterocycles. The number of nitrogens with zero attached hydrogens (tertiary/aromatic N) is 3. The average Bonchev–Trinajstić information content (AvgIpc) is 3.64. The first-order valence-corrected chi connectivity index (χ1v) is 15.3. The van der Waals surface area contributed by atoms with E-state index in [2.05, 4.69) is 64.4 Å². The Morgan fingerprint density at radius 1 is 0.905 bits per heavy atom. The molecule has 206 valence electrons. The second kappa shape index (κ2) is 11.1. The minimum Gasteiger partial charge on any atom is -0.508 e. The highest BCUT2D eigenvalue weighted by molar-refractivity contribution is 14.1. The average molecular weight is 681 g/mol. The van der Waals surface area contributed by atoms with Gasteiger partial charge in [-0.1, -0.05) is 72.0 Å². The van der Waals surface area contributed by atoms with Gasteiger partial charge in [-0.15, -0.1) is 0 Å². The van der Waals surface area contributed by atoms with E-state index in [0.29, 0.717) is 0 Å². The fourth-order valence-electron chi connectivity index (χ4n) is 5.28. The molecule has 0 bridgehead atoms. The molecule has 0 saturated heterocycles. The molecule has 0 aliphatic carbocycles. The van der Waals surface area contributed by atoms with Crippen LogP contribution in [0.1, 0.15) is 17.2 Å². The Balaban J connectivity index is 1.48. The van der Waals surface area contributed by atoms with E-state index < -0.39 is 6.04 Å². The number of nitrogens with one attached hydrogen (secondary N) is 1. The predicted molar refractivity (Wildman–Crippen MR) is 179 cm³/mol. The van der Waals surface area contributed by atoms with Crippen molar-refractivity contribution < 1.29 is 9.84 Å². The van der Waals surface area contributed by atoms with E-state index in [4.69, 9.17) is 14.8 Å². The molecule has 6 nitrogen and oxygen atoms in total. The lowest BCUT2D eigenvalue weighted by atomic mass is 9.91. The van der Waals surface area contributed by atoms with Crippen LogP contribution in [0.25, 0.3) is 37.9 Å². The first-order chi connectivity index (χ1) is 20.6. The van der Waals surface area contributed by atoms with Crippen LogP contribution in [0.15, 0.2) is 115 Å². The highest BCUT2D eigenvalue weighted by Gasteiger charge is 2.28. The number of halogens is 1. The molecule has 2 aromatic heterocycles. The summed E-state index contributed by atoms with van der Waals surface area (Å²) >= 11 is 3.88. The number of fused-ring (bicyclic) bond motifs is 2. The van der Waals surface area contributed by atoms with Crippen LogP contribution in [0, 0.1) is 3.57 Å². The summed E-state index contributed by atoms with van der Waals surface area (Å²) in [6.45, 7) is 0. The van der Waals surface area contributed by atoms with Crippen LogP contribution in [0.3, 0.4) is 0 Å². The van der Waals surface area contributed by atoms with Gasteiger partial charge < -0.3 is 15.2 Å². The lowest BCUT2D eigenvalue weighted by molar-refractivity contribution is 0.415. The van der Waals surface area contributed by atoms with Gasteiger partial charge in [-0.3, -0.25) is 0 Å². The van der Waals surface area contributed by atoms with E-state index >= 15 is 0 Å². The third-order valence-corrected chi connectivity index (χ3v) is 8.89.